The lowest BCUT2D eigenvalue weighted by Gasteiger charge is -2.10. The second kappa shape index (κ2) is 6.01. The lowest BCUT2D eigenvalue weighted by Crippen LogP contribution is -2.07. The van der Waals surface area contributed by atoms with Crippen molar-refractivity contribution in [3.05, 3.63) is 53.0 Å². The first-order valence-electron chi connectivity index (χ1n) is 7.32. The van der Waals surface area contributed by atoms with E-state index in [4.69, 9.17) is 15.7 Å². The van der Waals surface area contributed by atoms with Crippen LogP contribution in [0.5, 0.6) is 11.6 Å². The Kier molecular flexibility index (Phi) is 3.88. The van der Waals surface area contributed by atoms with Crippen LogP contribution in [0, 0.1) is 32.1 Å². The number of aromatic nitrogens is 4. The number of nitrogen functional groups attached to an aromatic ring is 1. The van der Waals surface area contributed by atoms with E-state index < -0.39 is 0 Å². The van der Waals surface area contributed by atoms with Gasteiger partial charge in [-0.1, -0.05) is 6.07 Å². The van der Waals surface area contributed by atoms with E-state index in [0.717, 1.165) is 11.1 Å². The van der Waals surface area contributed by atoms with Crippen LogP contribution in [-0.2, 0) is 0 Å². The molecule has 7 nitrogen and oxygen atoms in total. The molecule has 0 saturated carbocycles. The van der Waals surface area contributed by atoms with Crippen molar-refractivity contribution in [2.45, 2.75) is 20.8 Å². The fraction of sp³-hybridized carbons (Fsp3) is 0.176. The largest absolute Gasteiger partial charge is 0.439 e. The van der Waals surface area contributed by atoms with Crippen LogP contribution in [0.15, 0.2) is 30.5 Å². The number of rotatable bonds is 3. The minimum Gasteiger partial charge on any atom is -0.439 e. The fourth-order valence-corrected chi connectivity index (χ4v) is 2.43. The number of benzene rings is 1. The fourth-order valence-electron chi connectivity index (χ4n) is 2.43. The maximum Gasteiger partial charge on any atom is 0.224 e. The number of anilines is 1. The Balaban J connectivity index is 2.00. The summed E-state index contributed by atoms with van der Waals surface area (Å²) in [6, 6.07) is 9.55. The Morgan fingerprint density at radius 3 is 2.42 bits per heavy atom. The van der Waals surface area contributed by atoms with Crippen molar-refractivity contribution in [3.8, 4) is 23.5 Å². The van der Waals surface area contributed by atoms with Crippen molar-refractivity contribution in [2.24, 2.45) is 0 Å². The molecule has 0 amide bonds. The van der Waals surface area contributed by atoms with E-state index in [2.05, 4.69) is 21.1 Å². The van der Waals surface area contributed by atoms with Crippen molar-refractivity contribution < 1.29 is 4.74 Å². The van der Waals surface area contributed by atoms with Crippen molar-refractivity contribution in [1.82, 2.24) is 19.7 Å². The van der Waals surface area contributed by atoms with Crippen molar-refractivity contribution in [3.63, 3.8) is 0 Å². The second-order valence-electron chi connectivity index (χ2n) is 5.50. The zero-order valence-electron chi connectivity index (χ0n) is 13.6. The average Bonchev–Trinajstić information content (AvgIpc) is 2.86. The molecule has 0 saturated heterocycles. The van der Waals surface area contributed by atoms with Gasteiger partial charge in [-0.3, -0.25) is 0 Å². The van der Waals surface area contributed by atoms with Gasteiger partial charge in [0, 0.05) is 6.07 Å². The molecule has 0 radical (unpaired) electrons. The highest BCUT2D eigenvalue weighted by Gasteiger charge is 2.12. The molecular formula is C17H16N6O. The minimum atomic E-state index is 0.230. The van der Waals surface area contributed by atoms with Gasteiger partial charge in [0.15, 0.2) is 5.82 Å². The first kappa shape index (κ1) is 15.5. The summed E-state index contributed by atoms with van der Waals surface area (Å²) in [5.41, 5.74) is 8.42. The lowest BCUT2D eigenvalue weighted by atomic mass is 10.1. The SMILES string of the molecule is Cc1cc(C)cc(Oc2cc(-n3ncc(C#N)c3N)nc(C)n2)c1. The quantitative estimate of drug-likeness (QED) is 0.796. The summed E-state index contributed by atoms with van der Waals surface area (Å²) in [5, 5.41) is 13.1. The molecule has 0 fully saturated rings. The Bertz CT molecular complexity index is 934. The van der Waals surface area contributed by atoms with Gasteiger partial charge in [-0.2, -0.15) is 20.0 Å². The second-order valence-corrected chi connectivity index (χ2v) is 5.50. The number of nitrogens with zero attached hydrogens (tertiary/aromatic N) is 5. The summed E-state index contributed by atoms with van der Waals surface area (Å²) in [5.74, 6) is 2.27. The Hall–Kier alpha value is -3.40. The van der Waals surface area contributed by atoms with Crippen LogP contribution >= 0.6 is 0 Å². The molecule has 0 unspecified atom stereocenters. The normalized spacial score (nSPS) is 10.4. The van der Waals surface area contributed by atoms with Crippen molar-refractivity contribution >= 4 is 5.82 Å². The molecule has 0 atom stereocenters. The Labute approximate surface area is 139 Å². The average molecular weight is 320 g/mol. The molecule has 0 spiro atoms. The number of aryl methyl sites for hydroxylation is 3. The van der Waals surface area contributed by atoms with Gasteiger partial charge in [-0.25, -0.2) is 4.98 Å². The standard InChI is InChI=1S/C17H16N6O/c1-10-4-11(2)6-14(5-10)24-16-7-15(21-12(3)22-16)23-17(19)13(8-18)9-20-23/h4-7,9H,19H2,1-3H3. The van der Waals surface area contributed by atoms with E-state index in [9.17, 15) is 0 Å². The summed E-state index contributed by atoms with van der Waals surface area (Å²) in [7, 11) is 0. The number of hydrogen-bond donors (Lipinski definition) is 1. The number of nitriles is 1. The molecule has 7 heteroatoms. The van der Waals surface area contributed by atoms with Gasteiger partial charge in [0.05, 0.1) is 6.20 Å². The third-order valence-corrected chi connectivity index (χ3v) is 3.36. The number of hydrogen-bond acceptors (Lipinski definition) is 6. The zero-order valence-corrected chi connectivity index (χ0v) is 13.6. The van der Waals surface area contributed by atoms with Gasteiger partial charge < -0.3 is 10.5 Å². The molecule has 24 heavy (non-hydrogen) atoms. The molecule has 2 aromatic heterocycles. The molecule has 3 aromatic rings. The molecule has 1 aromatic carbocycles. The van der Waals surface area contributed by atoms with Crippen LogP contribution < -0.4 is 10.5 Å². The summed E-state index contributed by atoms with van der Waals surface area (Å²) in [6.45, 7) is 5.76. The summed E-state index contributed by atoms with van der Waals surface area (Å²) in [4.78, 5) is 8.60. The van der Waals surface area contributed by atoms with Gasteiger partial charge in [0.2, 0.25) is 5.88 Å². The van der Waals surface area contributed by atoms with Crippen LogP contribution in [-0.4, -0.2) is 19.7 Å². The van der Waals surface area contributed by atoms with Crippen LogP contribution in [0.25, 0.3) is 5.82 Å². The number of ether oxygens (including phenoxy) is 1. The first-order valence-corrected chi connectivity index (χ1v) is 7.32. The third kappa shape index (κ3) is 3.03. The maximum atomic E-state index is 8.99. The lowest BCUT2D eigenvalue weighted by molar-refractivity contribution is 0.458. The van der Waals surface area contributed by atoms with Gasteiger partial charge in [0.25, 0.3) is 0 Å². The van der Waals surface area contributed by atoms with Gasteiger partial charge >= 0.3 is 0 Å². The van der Waals surface area contributed by atoms with Crippen LogP contribution in [0.1, 0.15) is 22.5 Å². The molecule has 120 valence electrons. The van der Waals surface area contributed by atoms with E-state index >= 15 is 0 Å². The third-order valence-electron chi connectivity index (χ3n) is 3.36. The molecule has 3 rings (SSSR count). The summed E-state index contributed by atoms with van der Waals surface area (Å²) in [6.07, 6.45) is 1.40. The van der Waals surface area contributed by atoms with Crippen LogP contribution in [0.3, 0.4) is 0 Å². The highest BCUT2D eigenvalue weighted by atomic mass is 16.5. The summed E-state index contributed by atoms with van der Waals surface area (Å²) >= 11 is 0. The van der Waals surface area contributed by atoms with Gasteiger partial charge in [-0.15, -0.1) is 0 Å². The van der Waals surface area contributed by atoms with E-state index in [-0.39, 0.29) is 5.82 Å². The molecule has 0 aliphatic heterocycles. The molecular weight excluding hydrogens is 304 g/mol. The van der Waals surface area contributed by atoms with E-state index in [0.29, 0.717) is 28.8 Å². The first-order chi connectivity index (χ1) is 11.5. The molecule has 0 aliphatic carbocycles. The molecule has 2 N–H and O–H groups in total. The van der Waals surface area contributed by atoms with E-state index in [1.807, 2.05) is 32.0 Å². The highest BCUT2D eigenvalue weighted by molar-refractivity contribution is 5.51. The van der Waals surface area contributed by atoms with Crippen molar-refractivity contribution in [2.75, 3.05) is 5.73 Å². The zero-order chi connectivity index (χ0) is 17.3. The van der Waals surface area contributed by atoms with E-state index in [1.54, 1.807) is 13.0 Å². The number of nitrogens with two attached hydrogens (primary N) is 1. The smallest absolute Gasteiger partial charge is 0.224 e. The Morgan fingerprint density at radius 2 is 1.79 bits per heavy atom. The topological polar surface area (TPSA) is 103 Å². The molecule has 0 bridgehead atoms. The van der Waals surface area contributed by atoms with Crippen molar-refractivity contribution in [1.29, 1.82) is 5.26 Å². The maximum absolute atomic E-state index is 8.99. The molecule has 0 aliphatic rings. The van der Waals surface area contributed by atoms with Crippen LogP contribution in [0.2, 0.25) is 0 Å². The van der Waals surface area contributed by atoms with Gasteiger partial charge in [-0.05, 0) is 44.0 Å². The molecule has 2 heterocycles. The summed E-state index contributed by atoms with van der Waals surface area (Å²) < 4.78 is 7.25. The Morgan fingerprint density at radius 1 is 1.08 bits per heavy atom. The van der Waals surface area contributed by atoms with Crippen LogP contribution in [0.4, 0.5) is 5.82 Å². The minimum absolute atomic E-state index is 0.230. The highest BCUT2D eigenvalue weighted by Crippen LogP contribution is 2.24. The monoisotopic (exact) mass is 320 g/mol. The predicted octanol–water partition coefficient (Wildman–Crippen LogP) is 2.83. The van der Waals surface area contributed by atoms with E-state index in [1.165, 1.54) is 10.9 Å². The predicted molar refractivity (Wildman–Crippen MR) is 89.0 cm³/mol. The van der Waals surface area contributed by atoms with Gasteiger partial charge in [0.1, 0.15) is 29.0 Å².